The molecular formula is C23H30ClN3O4S. The van der Waals surface area contributed by atoms with Gasteiger partial charge in [0.25, 0.3) is 5.91 Å². The van der Waals surface area contributed by atoms with E-state index in [2.05, 4.69) is 15.4 Å². The topological polar surface area (TPSA) is 104 Å². The summed E-state index contributed by atoms with van der Waals surface area (Å²) < 4.78 is 28.1. The molecule has 0 radical (unpaired) electrons. The van der Waals surface area contributed by atoms with Gasteiger partial charge >= 0.3 is 0 Å². The van der Waals surface area contributed by atoms with Gasteiger partial charge in [-0.2, -0.15) is 4.72 Å². The van der Waals surface area contributed by atoms with Gasteiger partial charge in [-0.25, -0.2) is 8.42 Å². The number of carbonyl (C=O) groups is 2. The third kappa shape index (κ3) is 7.32. The van der Waals surface area contributed by atoms with E-state index in [0.29, 0.717) is 24.2 Å². The van der Waals surface area contributed by atoms with Gasteiger partial charge in [0.05, 0.1) is 15.5 Å². The van der Waals surface area contributed by atoms with Crippen LogP contribution in [0.3, 0.4) is 0 Å². The Morgan fingerprint density at radius 3 is 2.28 bits per heavy atom. The first kappa shape index (κ1) is 25.8. The van der Waals surface area contributed by atoms with E-state index < -0.39 is 22.0 Å². The Bertz CT molecular complexity index is 1050. The molecular weight excluding hydrogens is 450 g/mol. The average molecular weight is 480 g/mol. The summed E-state index contributed by atoms with van der Waals surface area (Å²) in [6, 6.07) is 9.99. The van der Waals surface area contributed by atoms with E-state index in [1.165, 1.54) is 24.3 Å². The first-order valence-electron chi connectivity index (χ1n) is 10.5. The van der Waals surface area contributed by atoms with E-state index in [0.717, 1.165) is 12.0 Å². The van der Waals surface area contributed by atoms with Crippen LogP contribution in [0.1, 0.15) is 49.5 Å². The van der Waals surface area contributed by atoms with Gasteiger partial charge in [0.15, 0.2) is 0 Å². The van der Waals surface area contributed by atoms with Gasteiger partial charge in [-0.3, -0.25) is 9.59 Å². The van der Waals surface area contributed by atoms with E-state index in [1.54, 1.807) is 18.2 Å². The van der Waals surface area contributed by atoms with Crippen LogP contribution in [0.4, 0.5) is 5.69 Å². The van der Waals surface area contributed by atoms with Crippen LogP contribution in [0.25, 0.3) is 0 Å². The number of amides is 2. The standard InChI is InChI=1S/C23H30ClN3O4S/c1-5-12-25-22(28)19-11-8-17(14-20(19)24)26-23(29)21(13-15(2)3)27-32(30,31)18-9-6-16(4)7-10-18/h6-11,14-15,21,27H,5,12-13H2,1-4H3,(H,25,28)(H,26,29). The van der Waals surface area contributed by atoms with E-state index in [9.17, 15) is 18.0 Å². The van der Waals surface area contributed by atoms with Crippen LogP contribution in [0.15, 0.2) is 47.4 Å². The summed E-state index contributed by atoms with van der Waals surface area (Å²) in [6.07, 6.45) is 1.11. The lowest BCUT2D eigenvalue weighted by Gasteiger charge is -2.20. The van der Waals surface area contributed by atoms with Crippen molar-refractivity contribution in [1.29, 1.82) is 0 Å². The molecule has 0 saturated heterocycles. The Morgan fingerprint density at radius 1 is 1.06 bits per heavy atom. The Balaban J connectivity index is 2.18. The van der Waals surface area contributed by atoms with Crippen molar-refractivity contribution in [2.24, 2.45) is 5.92 Å². The molecule has 2 amide bonds. The molecule has 0 spiro atoms. The molecule has 1 atom stereocenters. The van der Waals surface area contributed by atoms with Crippen molar-refractivity contribution in [2.75, 3.05) is 11.9 Å². The number of hydrogen-bond donors (Lipinski definition) is 3. The summed E-state index contributed by atoms with van der Waals surface area (Å²) in [4.78, 5) is 25.2. The smallest absolute Gasteiger partial charge is 0.252 e. The predicted molar refractivity (Wildman–Crippen MR) is 127 cm³/mol. The molecule has 0 saturated carbocycles. The summed E-state index contributed by atoms with van der Waals surface area (Å²) in [5.41, 5.74) is 1.61. The highest BCUT2D eigenvalue weighted by atomic mass is 35.5. The first-order chi connectivity index (χ1) is 15.0. The highest BCUT2D eigenvalue weighted by molar-refractivity contribution is 7.89. The molecule has 32 heavy (non-hydrogen) atoms. The number of hydrogen-bond acceptors (Lipinski definition) is 4. The van der Waals surface area contributed by atoms with Gasteiger partial charge in [0, 0.05) is 12.2 Å². The highest BCUT2D eigenvalue weighted by Gasteiger charge is 2.27. The first-order valence-corrected chi connectivity index (χ1v) is 12.4. The Hall–Kier alpha value is -2.42. The van der Waals surface area contributed by atoms with Crippen molar-refractivity contribution in [3.8, 4) is 0 Å². The van der Waals surface area contributed by atoms with Crippen LogP contribution < -0.4 is 15.4 Å². The minimum atomic E-state index is -3.88. The Morgan fingerprint density at radius 2 is 1.72 bits per heavy atom. The zero-order valence-electron chi connectivity index (χ0n) is 18.7. The largest absolute Gasteiger partial charge is 0.352 e. The minimum absolute atomic E-state index is 0.0692. The van der Waals surface area contributed by atoms with Crippen LogP contribution in [-0.4, -0.2) is 32.8 Å². The fraction of sp³-hybridized carbons (Fsp3) is 0.391. The molecule has 0 aromatic heterocycles. The zero-order valence-corrected chi connectivity index (χ0v) is 20.3. The lowest BCUT2D eigenvalue weighted by molar-refractivity contribution is -0.118. The molecule has 3 N–H and O–H groups in total. The van der Waals surface area contributed by atoms with Crippen LogP contribution in [0.5, 0.6) is 0 Å². The molecule has 9 heteroatoms. The molecule has 0 heterocycles. The molecule has 7 nitrogen and oxygen atoms in total. The van der Waals surface area contributed by atoms with E-state index in [-0.39, 0.29) is 21.7 Å². The Labute approximate surface area is 195 Å². The van der Waals surface area contributed by atoms with E-state index in [4.69, 9.17) is 11.6 Å². The number of benzene rings is 2. The van der Waals surface area contributed by atoms with Crippen LogP contribution >= 0.6 is 11.6 Å². The summed E-state index contributed by atoms with van der Waals surface area (Å²) >= 11 is 6.23. The molecule has 0 bridgehead atoms. The SMILES string of the molecule is CCCNC(=O)c1ccc(NC(=O)C(CC(C)C)NS(=O)(=O)c2ccc(C)cc2)cc1Cl. The number of carbonyl (C=O) groups excluding carboxylic acids is 2. The van der Waals surface area contributed by atoms with Crippen molar-refractivity contribution in [3.63, 3.8) is 0 Å². The molecule has 0 aliphatic rings. The van der Waals surface area contributed by atoms with Crippen molar-refractivity contribution in [1.82, 2.24) is 10.0 Å². The summed E-state index contributed by atoms with van der Waals surface area (Å²) in [5.74, 6) is -0.730. The maximum atomic E-state index is 12.9. The monoisotopic (exact) mass is 479 g/mol. The zero-order chi connectivity index (χ0) is 23.9. The van der Waals surface area contributed by atoms with Crippen molar-refractivity contribution in [3.05, 3.63) is 58.6 Å². The summed E-state index contributed by atoms with van der Waals surface area (Å²) in [7, 11) is -3.88. The van der Waals surface area contributed by atoms with Gasteiger partial charge in [-0.15, -0.1) is 0 Å². The van der Waals surface area contributed by atoms with Gasteiger partial charge in [-0.1, -0.05) is 50.1 Å². The average Bonchev–Trinajstić information content (AvgIpc) is 2.71. The molecule has 0 aliphatic heterocycles. The summed E-state index contributed by atoms with van der Waals surface area (Å²) in [5, 5.41) is 5.64. The number of halogens is 1. The highest BCUT2D eigenvalue weighted by Crippen LogP contribution is 2.22. The van der Waals surface area contributed by atoms with E-state index >= 15 is 0 Å². The predicted octanol–water partition coefficient (Wildman–Crippen LogP) is 4.12. The lowest BCUT2D eigenvalue weighted by Crippen LogP contribution is -2.44. The second-order valence-corrected chi connectivity index (χ2v) is 10.2. The fourth-order valence-electron chi connectivity index (χ4n) is 2.99. The molecule has 2 rings (SSSR count). The quantitative estimate of drug-likeness (QED) is 0.476. The van der Waals surface area contributed by atoms with E-state index in [1.807, 2.05) is 27.7 Å². The van der Waals surface area contributed by atoms with Crippen molar-refractivity contribution >= 4 is 39.1 Å². The molecule has 0 fully saturated rings. The van der Waals surface area contributed by atoms with Gasteiger partial charge in [0.2, 0.25) is 15.9 Å². The molecule has 0 aliphatic carbocycles. The lowest BCUT2D eigenvalue weighted by atomic mass is 10.0. The maximum Gasteiger partial charge on any atom is 0.252 e. The number of sulfonamides is 1. The minimum Gasteiger partial charge on any atom is -0.352 e. The second-order valence-electron chi connectivity index (χ2n) is 8.06. The molecule has 174 valence electrons. The number of rotatable bonds is 10. The third-order valence-corrected chi connectivity index (χ3v) is 6.47. The second kappa shape index (κ2) is 11.4. The third-order valence-electron chi connectivity index (χ3n) is 4.67. The Kier molecular flexibility index (Phi) is 9.24. The van der Waals surface area contributed by atoms with Gasteiger partial charge in [-0.05, 0) is 56.0 Å². The molecule has 2 aromatic rings. The van der Waals surface area contributed by atoms with Crippen LogP contribution in [-0.2, 0) is 14.8 Å². The molecule has 1 unspecified atom stereocenters. The maximum absolute atomic E-state index is 12.9. The number of anilines is 1. The molecule has 2 aromatic carbocycles. The number of aryl methyl sites for hydroxylation is 1. The fourth-order valence-corrected chi connectivity index (χ4v) is 4.47. The summed E-state index contributed by atoms with van der Waals surface area (Å²) in [6.45, 7) is 8.15. The van der Waals surface area contributed by atoms with Gasteiger partial charge in [0.1, 0.15) is 6.04 Å². The van der Waals surface area contributed by atoms with Gasteiger partial charge < -0.3 is 10.6 Å². The van der Waals surface area contributed by atoms with Crippen LogP contribution in [0.2, 0.25) is 5.02 Å². The normalized spacial score (nSPS) is 12.4. The van der Waals surface area contributed by atoms with Crippen molar-refractivity contribution < 1.29 is 18.0 Å². The van der Waals surface area contributed by atoms with Crippen molar-refractivity contribution in [2.45, 2.75) is 51.5 Å². The van der Waals surface area contributed by atoms with Crippen LogP contribution in [0, 0.1) is 12.8 Å². The number of nitrogens with one attached hydrogen (secondary N) is 3.